The van der Waals surface area contributed by atoms with Crippen molar-refractivity contribution < 1.29 is 9.59 Å². The van der Waals surface area contributed by atoms with Crippen LogP contribution in [-0.4, -0.2) is 41.2 Å². The van der Waals surface area contributed by atoms with Gasteiger partial charge < -0.3 is 9.80 Å². The number of hydrogen-bond donors (Lipinski definition) is 0. The summed E-state index contributed by atoms with van der Waals surface area (Å²) < 4.78 is 0. The molecule has 0 saturated carbocycles. The van der Waals surface area contributed by atoms with E-state index in [4.69, 9.17) is 11.6 Å². The molecule has 4 nitrogen and oxygen atoms in total. The zero-order chi connectivity index (χ0) is 21.7. The van der Waals surface area contributed by atoms with Gasteiger partial charge in [0.25, 0.3) is 0 Å². The van der Waals surface area contributed by atoms with Gasteiger partial charge >= 0.3 is 0 Å². The first-order chi connectivity index (χ1) is 14.4. The van der Waals surface area contributed by atoms with Gasteiger partial charge in [0, 0.05) is 29.4 Å². The highest BCUT2D eigenvalue weighted by Gasteiger charge is 2.33. The Morgan fingerprint density at radius 2 is 1.97 bits per heavy atom. The lowest BCUT2D eigenvalue weighted by molar-refractivity contribution is -0.142. The molecule has 1 unspecified atom stereocenters. The Hall–Kier alpha value is -1.85. The van der Waals surface area contributed by atoms with Gasteiger partial charge in [0.2, 0.25) is 11.8 Å². The summed E-state index contributed by atoms with van der Waals surface area (Å²) in [7, 11) is 0. The van der Waals surface area contributed by atoms with Gasteiger partial charge in [-0.1, -0.05) is 50.9 Å². The van der Waals surface area contributed by atoms with Crippen LogP contribution in [0.2, 0.25) is 5.02 Å². The quantitative estimate of drug-likeness (QED) is 0.533. The molecular weight excluding hydrogens is 416 g/mol. The number of carbonyl (C=O) groups excluding carboxylic acids is 2. The summed E-state index contributed by atoms with van der Waals surface area (Å²) in [6, 6.07) is 9.74. The topological polar surface area (TPSA) is 40.6 Å². The van der Waals surface area contributed by atoms with Gasteiger partial charge in [-0.15, -0.1) is 11.3 Å². The first-order valence-corrected chi connectivity index (χ1v) is 12.1. The van der Waals surface area contributed by atoms with Crippen molar-refractivity contribution in [1.29, 1.82) is 0 Å². The molecular formula is C24H31ClN2O2S. The van der Waals surface area contributed by atoms with Crippen LogP contribution in [0.4, 0.5) is 0 Å². The molecule has 2 heterocycles. The predicted octanol–water partition coefficient (Wildman–Crippen LogP) is 5.55. The monoisotopic (exact) mass is 446 g/mol. The van der Waals surface area contributed by atoms with Crippen LogP contribution in [-0.2, 0) is 16.0 Å². The lowest BCUT2D eigenvalue weighted by atomic mass is 9.93. The van der Waals surface area contributed by atoms with E-state index >= 15 is 0 Å². The van der Waals surface area contributed by atoms with Gasteiger partial charge in [-0.2, -0.15) is 0 Å². The van der Waals surface area contributed by atoms with Gasteiger partial charge in [-0.25, -0.2) is 0 Å². The molecule has 3 rings (SSSR count). The van der Waals surface area contributed by atoms with Crippen LogP contribution in [0.1, 0.15) is 62.1 Å². The summed E-state index contributed by atoms with van der Waals surface area (Å²) >= 11 is 7.85. The molecule has 0 N–H and O–H groups in total. The average Bonchev–Trinajstić information content (AvgIpc) is 3.19. The molecule has 1 aliphatic rings. The molecule has 0 saturated heterocycles. The maximum absolute atomic E-state index is 13.5. The van der Waals surface area contributed by atoms with E-state index in [9.17, 15) is 9.59 Å². The predicted molar refractivity (Wildman–Crippen MR) is 124 cm³/mol. The molecule has 162 valence electrons. The summed E-state index contributed by atoms with van der Waals surface area (Å²) in [6.07, 6.45) is 3.24. The first kappa shape index (κ1) is 22.8. The van der Waals surface area contributed by atoms with Crippen LogP contribution in [0, 0.1) is 5.92 Å². The fourth-order valence-electron chi connectivity index (χ4n) is 3.96. The molecule has 30 heavy (non-hydrogen) atoms. The van der Waals surface area contributed by atoms with Crippen molar-refractivity contribution in [2.45, 2.75) is 52.5 Å². The Balaban J connectivity index is 1.84. The number of halogens is 1. The Bertz CT molecular complexity index is 862. The molecule has 0 fully saturated rings. The second-order valence-corrected chi connectivity index (χ2v) is 9.79. The second-order valence-electron chi connectivity index (χ2n) is 8.36. The maximum atomic E-state index is 13.5. The van der Waals surface area contributed by atoms with Crippen molar-refractivity contribution >= 4 is 34.8 Å². The van der Waals surface area contributed by atoms with Crippen LogP contribution in [0.5, 0.6) is 0 Å². The number of hydrogen-bond acceptors (Lipinski definition) is 3. The van der Waals surface area contributed by atoms with Gasteiger partial charge in [0.15, 0.2) is 0 Å². The van der Waals surface area contributed by atoms with E-state index in [1.165, 1.54) is 10.4 Å². The molecule has 1 atom stereocenters. The van der Waals surface area contributed by atoms with Crippen molar-refractivity contribution in [3.63, 3.8) is 0 Å². The van der Waals surface area contributed by atoms with Crippen molar-refractivity contribution in [1.82, 2.24) is 9.80 Å². The van der Waals surface area contributed by atoms with Crippen LogP contribution in [0.25, 0.3) is 0 Å². The zero-order valence-electron chi connectivity index (χ0n) is 18.1. The number of benzene rings is 1. The largest absolute Gasteiger partial charge is 0.333 e. The maximum Gasteiger partial charge on any atom is 0.242 e. The minimum absolute atomic E-state index is 0.0139. The molecule has 1 aromatic heterocycles. The van der Waals surface area contributed by atoms with E-state index in [1.807, 2.05) is 43.0 Å². The molecule has 0 bridgehead atoms. The third-order valence-corrected chi connectivity index (χ3v) is 6.76. The van der Waals surface area contributed by atoms with Crippen molar-refractivity contribution in [3.05, 3.63) is 56.7 Å². The van der Waals surface area contributed by atoms with E-state index in [-0.39, 0.29) is 30.3 Å². The highest BCUT2D eigenvalue weighted by Crippen LogP contribution is 2.38. The second kappa shape index (κ2) is 10.5. The fourth-order valence-corrected chi connectivity index (χ4v) is 4.99. The molecule has 2 amide bonds. The van der Waals surface area contributed by atoms with E-state index < -0.39 is 0 Å². The number of fused-ring (bicyclic) bond motifs is 1. The van der Waals surface area contributed by atoms with Crippen molar-refractivity contribution in [3.8, 4) is 0 Å². The minimum atomic E-state index is -0.127. The molecule has 0 spiro atoms. The number of carbonyl (C=O) groups is 2. The lowest BCUT2D eigenvalue weighted by Crippen LogP contribution is -2.47. The van der Waals surface area contributed by atoms with Crippen LogP contribution in [0.3, 0.4) is 0 Å². The summed E-state index contributed by atoms with van der Waals surface area (Å²) in [4.78, 5) is 31.3. The van der Waals surface area contributed by atoms with E-state index in [1.54, 1.807) is 16.2 Å². The summed E-state index contributed by atoms with van der Waals surface area (Å²) in [5.74, 6) is 0.366. The molecule has 0 aliphatic carbocycles. The molecule has 0 radical (unpaired) electrons. The Morgan fingerprint density at radius 3 is 2.63 bits per heavy atom. The van der Waals surface area contributed by atoms with Gasteiger partial charge in [-0.3, -0.25) is 9.59 Å². The molecule has 6 heteroatoms. The van der Waals surface area contributed by atoms with Gasteiger partial charge in [-0.05, 0) is 53.5 Å². The van der Waals surface area contributed by atoms with Crippen LogP contribution in [0.15, 0.2) is 35.7 Å². The number of amides is 2. The van der Waals surface area contributed by atoms with Gasteiger partial charge in [0.05, 0.1) is 12.6 Å². The third kappa shape index (κ3) is 5.44. The Labute approximate surface area is 188 Å². The first-order valence-electron chi connectivity index (χ1n) is 10.8. The van der Waals surface area contributed by atoms with Crippen molar-refractivity contribution in [2.24, 2.45) is 5.92 Å². The smallest absolute Gasteiger partial charge is 0.242 e. The third-order valence-electron chi connectivity index (χ3n) is 5.52. The Kier molecular flexibility index (Phi) is 7.95. The average molecular weight is 447 g/mol. The highest BCUT2D eigenvalue weighted by molar-refractivity contribution is 7.10. The number of rotatable bonds is 8. The SMILES string of the molecule is CCCCN(CC(=O)N1CCc2sccc2C1c1ccc(Cl)cc1)C(=O)CC(C)C. The number of nitrogens with zero attached hydrogens (tertiary/aromatic N) is 2. The molecule has 2 aromatic rings. The number of unbranched alkanes of at least 4 members (excludes halogenated alkanes) is 1. The molecule has 1 aromatic carbocycles. The number of thiophene rings is 1. The summed E-state index contributed by atoms with van der Waals surface area (Å²) in [5, 5.41) is 2.78. The van der Waals surface area contributed by atoms with E-state index in [0.29, 0.717) is 24.5 Å². The van der Waals surface area contributed by atoms with E-state index in [2.05, 4.69) is 18.4 Å². The van der Waals surface area contributed by atoms with Crippen molar-refractivity contribution in [2.75, 3.05) is 19.6 Å². The normalized spacial score (nSPS) is 15.9. The summed E-state index contributed by atoms with van der Waals surface area (Å²) in [6.45, 7) is 7.63. The zero-order valence-corrected chi connectivity index (χ0v) is 19.6. The molecule has 1 aliphatic heterocycles. The Morgan fingerprint density at radius 1 is 1.23 bits per heavy atom. The highest BCUT2D eigenvalue weighted by atomic mass is 35.5. The minimum Gasteiger partial charge on any atom is -0.333 e. The van der Waals surface area contributed by atoms with Crippen LogP contribution >= 0.6 is 22.9 Å². The van der Waals surface area contributed by atoms with E-state index in [0.717, 1.165) is 24.8 Å². The van der Waals surface area contributed by atoms with Crippen LogP contribution < -0.4 is 0 Å². The van der Waals surface area contributed by atoms with Gasteiger partial charge in [0.1, 0.15) is 0 Å². The fraction of sp³-hybridized carbons (Fsp3) is 0.500. The lowest BCUT2D eigenvalue weighted by Gasteiger charge is -2.37. The standard InChI is InChI=1S/C24H31ClN2O2S/c1-4-5-12-26(22(28)15-17(2)3)16-23(29)27-13-10-21-20(11-14-30-21)24(27)18-6-8-19(25)9-7-18/h6-9,11,14,17,24H,4-5,10,12-13,15-16H2,1-3H3. The summed E-state index contributed by atoms with van der Waals surface area (Å²) in [5.41, 5.74) is 2.25.